The minimum atomic E-state index is -0.843. The fourth-order valence-corrected chi connectivity index (χ4v) is 2.25. The zero-order valence-electron chi connectivity index (χ0n) is 10.4. The topological polar surface area (TPSA) is 47.3 Å². The molecule has 1 saturated carbocycles. The van der Waals surface area contributed by atoms with E-state index in [0.717, 1.165) is 18.5 Å². The van der Waals surface area contributed by atoms with Gasteiger partial charge in [0.25, 0.3) is 0 Å². The molecule has 4 heteroatoms. The molecule has 0 heterocycles. The van der Waals surface area contributed by atoms with Gasteiger partial charge in [0.1, 0.15) is 5.82 Å². The molecule has 2 rings (SSSR count). The normalized spacial score (nSPS) is 16.1. The second-order valence-corrected chi connectivity index (χ2v) is 4.68. The number of nitrogens with zero attached hydrogens (tertiary/aromatic N) is 2. The van der Waals surface area contributed by atoms with Gasteiger partial charge >= 0.3 is 0 Å². The van der Waals surface area contributed by atoms with Gasteiger partial charge < -0.3 is 10.0 Å². The van der Waals surface area contributed by atoms with Crippen molar-refractivity contribution in [3.8, 4) is 6.07 Å². The molecule has 0 radical (unpaired) electrons. The van der Waals surface area contributed by atoms with Gasteiger partial charge in [-0.15, -0.1) is 0 Å². The van der Waals surface area contributed by atoms with E-state index in [1.807, 2.05) is 11.0 Å². The van der Waals surface area contributed by atoms with Crippen molar-refractivity contribution in [3.63, 3.8) is 0 Å². The Labute approximate surface area is 106 Å². The third kappa shape index (κ3) is 2.62. The molecule has 0 bridgehead atoms. The van der Waals surface area contributed by atoms with Crippen LogP contribution in [0.2, 0.25) is 0 Å². The van der Waals surface area contributed by atoms with E-state index in [1.54, 1.807) is 13.0 Å². The van der Waals surface area contributed by atoms with Crippen LogP contribution in [0, 0.1) is 17.1 Å². The van der Waals surface area contributed by atoms with Gasteiger partial charge in [-0.05, 0) is 31.9 Å². The van der Waals surface area contributed by atoms with Crippen molar-refractivity contribution in [2.75, 3.05) is 11.4 Å². The Morgan fingerprint density at radius 3 is 2.83 bits per heavy atom. The van der Waals surface area contributed by atoms with Crippen molar-refractivity contribution < 1.29 is 9.50 Å². The van der Waals surface area contributed by atoms with Gasteiger partial charge in [-0.2, -0.15) is 5.26 Å². The number of anilines is 1. The number of halogens is 1. The van der Waals surface area contributed by atoms with Gasteiger partial charge in [0.2, 0.25) is 0 Å². The van der Waals surface area contributed by atoms with Gasteiger partial charge in [-0.1, -0.05) is 6.07 Å². The van der Waals surface area contributed by atoms with Crippen LogP contribution in [0.1, 0.15) is 37.9 Å². The van der Waals surface area contributed by atoms with Gasteiger partial charge in [0, 0.05) is 23.8 Å². The summed E-state index contributed by atoms with van der Waals surface area (Å²) in [6, 6.07) is 7.34. The SMILES string of the molecule is C[C@H](O)c1c(F)cccc1N(CCC#N)C1CC1. The van der Waals surface area contributed by atoms with Gasteiger partial charge in [0.15, 0.2) is 0 Å². The van der Waals surface area contributed by atoms with Crippen molar-refractivity contribution >= 4 is 5.69 Å². The molecule has 18 heavy (non-hydrogen) atoms. The predicted octanol–water partition coefficient (Wildman–Crippen LogP) is 2.76. The molecule has 0 amide bonds. The largest absolute Gasteiger partial charge is 0.389 e. The summed E-state index contributed by atoms with van der Waals surface area (Å²) in [5, 5.41) is 18.4. The fraction of sp³-hybridized carbons (Fsp3) is 0.500. The highest BCUT2D eigenvalue weighted by molar-refractivity contribution is 5.56. The molecule has 0 aliphatic heterocycles. The molecule has 1 aliphatic rings. The van der Waals surface area contributed by atoms with Crippen molar-refractivity contribution in [1.29, 1.82) is 5.26 Å². The first kappa shape index (κ1) is 12.8. The van der Waals surface area contributed by atoms with Crippen molar-refractivity contribution in [2.24, 2.45) is 0 Å². The fourth-order valence-electron chi connectivity index (χ4n) is 2.25. The Bertz CT molecular complexity index is 463. The number of benzene rings is 1. The first-order valence-corrected chi connectivity index (χ1v) is 6.25. The Kier molecular flexibility index (Phi) is 3.83. The highest BCUT2D eigenvalue weighted by atomic mass is 19.1. The summed E-state index contributed by atoms with van der Waals surface area (Å²) in [4.78, 5) is 2.05. The van der Waals surface area contributed by atoms with E-state index >= 15 is 0 Å². The van der Waals surface area contributed by atoms with E-state index in [4.69, 9.17) is 5.26 Å². The molecule has 1 aromatic carbocycles. The number of nitriles is 1. The summed E-state index contributed by atoms with van der Waals surface area (Å²) in [6.07, 6.45) is 1.71. The van der Waals surface area contributed by atoms with Crippen molar-refractivity contribution in [3.05, 3.63) is 29.6 Å². The van der Waals surface area contributed by atoms with E-state index in [-0.39, 0.29) is 5.82 Å². The highest BCUT2D eigenvalue weighted by Crippen LogP contribution is 2.36. The summed E-state index contributed by atoms with van der Waals surface area (Å²) in [6.45, 7) is 2.15. The Morgan fingerprint density at radius 2 is 2.28 bits per heavy atom. The molecule has 1 aliphatic carbocycles. The lowest BCUT2D eigenvalue weighted by atomic mass is 10.1. The third-order valence-corrected chi connectivity index (χ3v) is 3.21. The minimum absolute atomic E-state index is 0.335. The summed E-state index contributed by atoms with van der Waals surface area (Å²) in [5.41, 5.74) is 1.06. The lowest BCUT2D eigenvalue weighted by Crippen LogP contribution is -2.28. The molecular weight excluding hydrogens is 231 g/mol. The van der Waals surface area contributed by atoms with Crippen LogP contribution in [0.4, 0.5) is 10.1 Å². The van der Waals surface area contributed by atoms with E-state index in [1.165, 1.54) is 6.07 Å². The van der Waals surface area contributed by atoms with E-state index in [0.29, 0.717) is 24.6 Å². The summed E-state index contributed by atoms with van der Waals surface area (Å²) >= 11 is 0. The molecule has 3 nitrogen and oxygen atoms in total. The summed E-state index contributed by atoms with van der Waals surface area (Å²) in [5.74, 6) is -0.384. The van der Waals surface area contributed by atoms with E-state index < -0.39 is 6.10 Å². The third-order valence-electron chi connectivity index (χ3n) is 3.21. The molecule has 0 unspecified atom stereocenters. The van der Waals surface area contributed by atoms with Crippen LogP contribution in [0.3, 0.4) is 0 Å². The zero-order chi connectivity index (χ0) is 13.1. The average molecular weight is 248 g/mol. The van der Waals surface area contributed by atoms with Crippen LogP contribution >= 0.6 is 0 Å². The second kappa shape index (κ2) is 5.36. The van der Waals surface area contributed by atoms with Crippen LogP contribution in [-0.4, -0.2) is 17.7 Å². The van der Waals surface area contributed by atoms with Gasteiger partial charge in [0.05, 0.1) is 18.6 Å². The molecule has 96 valence electrons. The molecule has 1 atom stereocenters. The maximum Gasteiger partial charge on any atom is 0.131 e. The lowest BCUT2D eigenvalue weighted by Gasteiger charge is -2.27. The van der Waals surface area contributed by atoms with Crippen LogP contribution in [0.25, 0.3) is 0 Å². The number of aliphatic hydroxyl groups is 1. The van der Waals surface area contributed by atoms with Crippen molar-refractivity contribution in [2.45, 2.75) is 38.3 Å². The number of aliphatic hydroxyl groups excluding tert-OH is 1. The van der Waals surface area contributed by atoms with E-state index in [2.05, 4.69) is 6.07 Å². The smallest absolute Gasteiger partial charge is 0.131 e. The first-order chi connectivity index (χ1) is 8.65. The maximum absolute atomic E-state index is 13.8. The van der Waals surface area contributed by atoms with Crippen LogP contribution in [-0.2, 0) is 0 Å². The molecule has 1 N–H and O–H groups in total. The number of hydrogen-bond donors (Lipinski definition) is 1. The van der Waals surface area contributed by atoms with Crippen LogP contribution in [0.5, 0.6) is 0 Å². The summed E-state index contributed by atoms with van der Waals surface area (Å²) in [7, 11) is 0. The Hall–Kier alpha value is -1.60. The van der Waals surface area contributed by atoms with E-state index in [9.17, 15) is 9.50 Å². The molecular formula is C14H17FN2O. The monoisotopic (exact) mass is 248 g/mol. The van der Waals surface area contributed by atoms with Crippen LogP contribution in [0.15, 0.2) is 18.2 Å². The average Bonchev–Trinajstić information content (AvgIpc) is 3.13. The molecule has 1 fully saturated rings. The zero-order valence-corrected chi connectivity index (χ0v) is 10.4. The molecule has 1 aromatic rings. The predicted molar refractivity (Wildman–Crippen MR) is 67.6 cm³/mol. The number of rotatable bonds is 5. The quantitative estimate of drug-likeness (QED) is 0.871. The molecule has 0 saturated heterocycles. The second-order valence-electron chi connectivity index (χ2n) is 4.68. The first-order valence-electron chi connectivity index (χ1n) is 6.25. The van der Waals surface area contributed by atoms with Crippen molar-refractivity contribution in [1.82, 2.24) is 0 Å². The molecule has 0 spiro atoms. The Morgan fingerprint density at radius 1 is 1.56 bits per heavy atom. The summed E-state index contributed by atoms with van der Waals surface area (Å²) < 4.78 is 13.8. The minimum Gasteiger partial charge on any atom is -0.389 e. The maximum atomic E-state index is 13.8. The lowest BCUT2D eigenvalue weighted by molar-refractivity contribution is 0.194. The van der Waals surface area contributed by atoms with Gasteiger partial charge in [-0.25, -0.2) is 4.39 Å². The Balaban J connectivity index is 2.34. The highest BCUT2D eigenvalue weighted by Gasteiger charge is 2.31. The molecule has 0 aromatic heterocycles. The van der Waals surface area contributed by atoms with Gasteiger partial charge in [-0.3, -0.25) is 0 Å². The van der Waals surface area contributed by atoms with Crippen LogP contribution < -0.4 is 4.90 Å². The number of hydrogen-bond acceptors (Lipinski definition) is 3. The standard InChI is InChI=1S/C14H17FN2O/c1-10(18)14-12(15)4-2-5-13(14)17(9-3-8-16)11-6-7-11/h2,4-5,10-11,18H,3,6-7,9H2,1H3/t10-/m0/s1.